The van der Waals surface area contributed by atoms with Gasteiger partial charge in [-0.2, -0.15) is 0 Å². The van der Waals surface area contributed by atoms with E-state index < -0.39 is 15.8 Å². The van der Waals surface area contributed by atoms with Crippen molar-refractivity contribution in [3.8, 4) is 0 Å². The van der Waals surface area contributed by atoms with Crippen molar-refractivity contribution in [3.63, 3.8) is 0 Å². The molecule has 2 aromatic rings. The van der Waals surface area contributed by atoms with E-state index in [9.17, 15) is 12.8 Å². The Morgan fingerprint density at radius 2 is 1.90 bits per heavy atom. The minimum absolute atomic E-state index is 0.00455. The van der Waals surface area contributed by atoms with Gasteiger partial charge in [-0.25, -0.2) is 12.8 Å². The predicted octanol–water partition coefficient (Wildman–Crippen LogP) is 3.62. The largest absolute Gasteiger partial charge is 0.399 e. The zero-order valence-electron chi connectivity index (χ0n) is 9.90. The number of nitrogens with two attached hydrogens (primary N) is 1. The zero-order valence-corrected chi connectivity index (χ0v) is 13.1. The minimum atomic E-state index is -3.91. The van der Waals surface area contributed by atoms with Gasteiger partial charge in [0.1, 0.15) is 10.7 Å². The number of sulfonamides is 1. The number of hydrogen-bond donors (Lipinski definition) is 2. The number of nitrogen functional groups attached to an aromatic ring is 1. The fourth-order valence-corrected chi connectivity index (χ4v) is 3.36. The van der Waals surface area contributed by atoms with Crippen LogP contribution in [0, 0.1) is 5.82 Å². The van der Waals surface area contributed by atoms with Crippen LogP contribution in [0.15, 0.2) is 45.8 Å². The number of benzene rings is 2. The van der Waals surface area contributed by atoms with Crippen LogP contribution >= 0.6 is 27.5 Å². The Morgan fingerprint density at radius 1 is 1.20 bits per heavy atom. The van der Waals surface area contributed by atoms with Crippen molar-refractivity contribution in [2.24, 2.45) is 0 Å². The van der Waals surface area contributed by atoms with Gasteiger partial charge in [-0.05, 0) is 52.3 Å². The summed E-state index contributed by atoms with van der Waals surface area (Å²) in [6.07, 6.45) is 0. The van der Waals surface area contributed by atoms with Crippen LogP contribution in [-0.4, -0.2) is 8.42 Å². The molecule has 0 aliphatic heterocycles. The monoisotopic (exact) mass is 378 g/mol. The molecule has 0 radical (unpaired) electrons. The van der Waals surface area contributed by atoms with Crippen LogP contribution in [0.1, 0.15) is 0 Å². The van der Waals surface area contributed by atoms with E-state index in [0.717, 1.165) is 6.07 Å². The first kappa shape index (κ1) is 15.1. The van der Waals surface area contributed by atoms with E-state index in [4.69, 9.17) is 17.3 Å². The molecule has 20 heavy (non-hydrogen) atoms. The Balaban J connectivity index is 2.38. The predicted molar refractivity (Wildman–Crippen MR) is 80.8 cm³/mol. The number of hydrogen-bond acceptors (Lipinski definition) is 3. The van der Waals surface area contributed by atoms with Crippen LogP contribution in [0.25, 0.3) is 0 Å². The Labute approximate surface area is 128 Å². The molecule has 2 aromatic carbocycles. The molecule has 0 aliphatic carbocycles. The highest BCUT2D eigenvalue weighted by Crippen LogP contribution is 2.27. The molecule has 0 heterocycles. The van der Waals surface area contributed by atoms with Crippen LogP contribution in [-0.2, 0) is 10.0 Å². The van der Waals surface area contributed by atoms with Crippen molar-refractivity contribution < 1.29 is 12.8 Å². The Kier molecular flexibility index (Phi) is 4.22. The van der Waals surface area contributed by atoms with E-state index in [-0.39, 0.29) is 20.1 Å². The molecule has 2 rings (SSSR count). The van der Waals surface area contributed by atoms with Gasteiger partial charge in [0.05, 0.1) is 15.2 Å². The summed E-state index contributed by atoms with van der Waals surface area (Å²) in [6.45, 7) is 0. The first-order valence-corrected chi connectivity index (χ1v) is 7.98. The van der Waals surface area contributed by atoms with Crippen molar-refractivity contribution in [3.05, 3.63) is 51.7 Å². The summed E-state index contributed by atoms with van der Waals surface area (Å²) in [7, 11) is -3.91. The van der Waals surface area contributed by atoms with E-state index in [2.05, 4.69) is 20.7 Å². The minimum Gasteiger partial charge on any atom is -0.399 e. The third-order valence-corrected chi connectivity index (χ3v) is 4.92. The molecule has 0 bridgehead atoms. The normalized spacial score (nSPS) is 11.3. The molecule has 3 N–H and O–H groups in total. The Hall–Kier alpha value is -1.31. The first-order chi connectivity index (χ1) is 9.29. The van der Waals surface area contributed by atoms with E-state index in [0.29, 0.717) is 5.69 Å². The number of nitrogens with one attached hydrogen (secondary N) is 1. The summed E-state index contributed by atoms with van der Waals surface area (Å²) >= 11 is 8.84. The van der Waals surface area contributed by atoms with Gasteiger partial charge in [-0.1, -0.05) is 11.6 Å². The Morgan fingerprint density at radius 3 is 2.50 bits per heavy atom. The molecule has 0 aliphatic rings. The summed E-state index contributed by atoms with van der Waals surface area (Å²) in [5.41, 5.74) is 5.95. The second-order valence-electron chi connectivity index (χ2n) is 3.92. The van der Waals surface area contributed by atoms with E-state index >= 15 is 0 Å². The van der Waals surface area contributed by atoms with Crippen LogP contribution in [0.2, 0.25) is 5.02 Å². The summed E-state index contributed by atoms with van der Waals surface area (Å²) in [6, 6.07) is 7.93. The summed E-state index contributed by atoms with van der Waals surface area (Å²) < 4.78 is 40.2. The maximum atomic E-state index is 13.4. The van der Waals surface area contributed by atoms with Gasteiger partial charge in [0.25, 0.3) is 10.0 Å². The van der Waals surface area contributed by atoms with Crippen LogP contribution in [0.5, 0.6) is 0 Å². The highest BCUT2D eigenvalue weighted by atomic mass is 79.9. The number of rotatable bonds is 3. The van der Waals surface area contributed by atoms with Gasteiger partial charge in [0.15, 0.2) is 0 Å². The molecule has 0 saturated heterocycles. The molecule has 0 saturated carbocycles. The summed E-state index contributed by atoms with van der Waals surface area (Å²) in [5, 5.41) is -0.00455. The lowest BCUT2D eigenvalue weighted by molar-refractivity contribution is 0.601. The van der Waals surface area contributed by atoms with Gasteiger partial charge >= 0.3 is 0 Å². The average molecular weight is 380 g/mol. The fraction of sp³-hybridized carbons (Fsp3) is 0. The van der Waals surface area contributed by atoms with Gasteiger partial charge in [0.2, 0.25) is 0 Å². The van der Waals surface area contributed by atoms with Crippen molar-refractivity contribution in [1.29, 1.82) is 0 Å². The van der Waals surface area contributed by atoms with Crippen LogP contribution < -0.4 is 10.5 Å². The first-order valence-electron chi connectivity index (χ1n) is 5.32. The molecule has 0 fully saturated rings. The van der Waals surface area contributed by atoms with Crippen molar-refractivity contribution in [2.75, 3.05) is 10.5 Å². The van der Waals surface area contributed by atoms with E-state index in [1.807, 2.05) is 0 Å². The standard InChI is InChI=1S/C12H9BrClFN2O2S/c13-9-3-2-8(6-11(9)15)17-20(18,19)12-4-1-7(16)5-10(12)14/h1-6,17H,16H2. The number of halogens is 3. The van der Waals surface area contributed by atoms with E-state index in [1.54, 1.807) is 0 Å². The molecule has 106 valence electrons. The van der Waals surface area contributed by atoms with Crippen LogP contribution in [0.4, 0.5) is 15.8 Å². The average Bonchev–Trinajstić information content (AvgIpc) is 2.33. The third-order valence-electron chi connectivity index (χ3n) is 2.42. The molecular weight excluding hydrogens is 371 g/mol. The summed E-state index contributed by atoms with van der Waals surface area (Å²) in [5.74, 6) is -0.575. The molecule has 0 amide bonds. The maximum absolute atomic E-state index is 13.4. The van der Waals surface area contributed by atoms with Gasteiger partial charge < -0.3 is 5.73 Å². The molecule has 0 spiro atoms. The lowest BCUT2D eigenvalue weighted by Gasteiger charge is -2.10. The zero-order chi connectivity index (χ0) is 14.9. The topological polar surface area (TPSA) is 72.2 Å². The van der Waals surface area contributed by atoms with Crippen molar-refractivity contribution in [1.82, 2.24) is 0 Å². The molecule has 0 unspecified atom stereocenters. The molecule has 4 nitrogen and oxygen atoms in total. The maximum Gasteiger partial charge on any atom is 0.263 e. The van der Waals surface area contributed by atoms with Gasteiger partial charge in [-0.15, -0.1) is 0 Å². The van der Waals surface area contributed by atoms with Crippen molar-refractivity contribution >= 4 is 48.9 Å². The molecular formula is C12H9BrClFN2O2S. The molecule has 0 atom stereocenters. The van der Waals surface area contributed by atoms with Gasteiger partial charge in [0, 0.05) is 5.69 Å². The van der Waals surface area contributed by atoms with Crippen molar-refractivity contribution in [2.45, 2.75) is 4.90 Å². The fourth-order valence-electron chi connectivity index (χ4n) is 1.50. The molecule has 0 aromatic heterocycles. The van der Waals surface area contributed by atoms with Gasteiger partial charge in [-0.3, -0.25) is 4.72 Å². The third kappa shape index (κ3) is 3.23. The number of anilines is 2. The highest BCUT2D eigenvalue weighted by Gasteiger charge is 2.18. The lowest BCUT2D eigenvalue weighted by atomic mass is 10.3. The SMILES string of the molecule is Nc1ccc(S(=O)(=O)Nc2ccc(Br)c(F)c2)c(Cl)c1. The quantitative estimate of drug-likeness (QED) is 0.800. The van der Waals surface area contributed by atoms with Crippen LogP contribution in [0.3, 0.4) is 0 Å². The smallest absolute Gasteiger partial charge is 0.263 e. The highest BCUT2D eigenvalue weighted by molar-refractivity contribution is 9.10. The Bertz CT molecular complexity index is 768. The lowest BCUT2D eigenvalue weighted by Crippen LogP contribution is -2.13. The summed E-state index contributed by atoms with van der Waals surface area (Å²) in [4.78, 5) is -0.128. The second-order valence-corrected chi connectivity index (χ2v) is 6.84. The van der Waals surface area contributed by atoms with E-state index in [1.165, 1.54) is 30.3 Å². The molecule has 8 heteroatoms. The second kappa shape index (κ2) is 5.59.